The van der Waals surface area contributed by atoms with E-state index in [9.17, 15) is 0 Å². The quantitative estimate of drug-likeness (QED) is 0.486. The first-order valence-corrected chi connectivity index (χ1v) is 3.58. The van der Waals surface area contributed by atoms with E-state index in [1.165, 1.54) is 0 Å². The van der Waals surface area contributed by atoms with Gasteiger partial charge >= 0.3 is 0 Å². The third-order valence-electron chi connectivity index (χ3n) is 1.28. The molecule has 0 aromatic rings. The average Bonchev–Trinajstić information content (AvgIpc) is 1.88. The van der Waals surface area contributed by atoms with Crippen molar-refractivity contribution in [1.29, 1.82) is 0 Å². The molecule has 1 heterocycles. The molecule has 0 amide bonds. The topological polar surface area (TPSA) is 50.5 Å². The van der Waals surface area contributed by atoms with Crippen LogP contribution in [0.15, 0.2) is 0 Å². The lowest BCUT2D eigenvalue weighted by molar-refractivity contribution is 0.0250. The second kappa shape index (κ2) is 3.70. The molecule has 0 unspecified atom stereocenters. The van der Waals surface area contributed by atoms with Gasteiger partial charge < -0.3 is 10.5 Å². The zero-order valence-electron chi connectivity index (χ0n) is 5.67. The number of hydrazine groups is 1. The van der Waals surface area contributed by atoms with Gasteiger partial charge in [-0.15, -0.1) is 0 Å². The number of nitrogens with one attached hydrogen (secondary N) is 1. The monoisotopic (exact) mass is 161 g/mol. The van der Waals surface area contributed by atoms with Gasteiger partial charge in [0.2, 0.25) is 0 Å². The van der Waals surface area contributed by atoms with Crippen LogP contribution in [0.1, 0.15) is 0 Å². The SMILES string of the molecule is NC(=S)NN1CCOCC1. The van der Waals surface area contributed by atoms with Crippen LogP contribution in [0.3, 0.4) is 0 Å². The Balaban J connectivity index is 2.19. The van der Waals surface area contributed by atoms with Crippen LogP contribution in [0.2, 0.25) is 0 Å². The van der Waals surface area contributed by atoms with Crippen molar-refractivity contribution in [2.24, 2.45) is 5.73 Å². The first-order chi connectivity index (χ1) is 4.79. The number of thiocarbonyl (C=S) groups is 1. The molecule has 1 rings (SSSR count). The summed E-state index contributed by atoms with van der Waals surface area (Å²) in [5, 5.41) is 2.27. The molecule has 1 aliphatic rings. The van der Waals surface area contributed by atoms with Gasteiger partial charge in [-0.3, -0.25) is 5.43 Å². The number of hydrogen-bond donors (Lipinski definition) is 2. The van der Waals surface area contributed by atoms with Gasteiger partial charge in [0, 0.05) is 13.1 Å². The first kappa shape index (κ1) is 7.71. The molecule has 0 aliphatic carbocycles. The largest absolute Gasteiger partial charge is 0.379 e. The van der Waals surface area contributed by atoms with E-state index in [1.54, 1.807) is 0 Å². The van der Waals surface area contributed by atoms with Crippen LogP contribution in [-0.4, -0.2) is 36.4 Å². The second-order valence-corrected chi connectivity index (χ2v) is 2.52. The Kier molecular flexibility index (Phi) is 2.85. The molecule has 0 bridgehead atoms. The Morgan fingerprint density at radius 3 is 2.60 bits per heavy atom. The van der Waals surface area contributed by atoms with Crippen LogP contribution in [0.5, 0.6) is 0 Å². The summed E-state index contributed by atoms with van der Waals surface area (Å²) in [5.74, 6) is 0. The highest BCUT2D eigenvalue weighted by atomic mass is 32.1. The van der Waals surface area contributed by atoms with Crippen molar-refractivity contribution in [2.45, 2.75) is 0 Å². The lowest BCUT2D eigenvalue weighted by Gasteiger charge is -2.26. The minimum Gasteiger partial charge on any atom is -0.379 e. The zero-order valence-corrected chi connectivity index (χ0v) is 6.49. The normalized spacial score (nSPS) is 20.4. The third-order valence-corrected chi connectivity index (χ3v) is 1.37. The fourth-order valence-corrected chi connectivity index (χ4v) is 0.960. The number of morpholine rings is 1. The standard InChI is InChI=1S/C5H11N3OS/c6-5(10)7-8-1-3-9-4-2-8/h1-4H2,(H3,6,7,10). The molecule has 3 N–H and O–H groups in total. The maximum Gasteiger partial charge on any atom is 0.178 e. The molecule has 0 spiro atoms. The summed E-state index contributed by atoms with van der Waals surface area (Å²) in [6.07, 6.45) is 0. The maximum atomic E-state index is 5.26. The van der Waals surface area contributed by atoms with Crippen molar-refractivity contribution < 1.29 is 4.74 Å². The fraction of sp³-hybridized carbons (Fsp3) is 0.800. The van der Waals surface area contributed by atoms with Crippen molar-refractivity contribution in [1.82, 2.24) is 10.4 Å². The lowest BCUT2D eigenvalue weighted by atomic mass is 10.5. The van der Waals surface area contributed by atoms with Crippen LogP contribution in [0, 0.1) is 0 Å². The van der Waals surface area contributed by atoms with Crippen LogP contribution in [0.4, 0.5) is 0 Å². The van der Waals surface area contributed by atoms with E-state index in [2.05, 4.69) is 17.6 Å². The van der Waals surface area contributed by atoms with Gasteiger partial charge in [0.25, 0.3) is 0 Å². The molecule has 0 atom stereocenters. The van der Waals surface area contributed by atoms with E-state index in [0.29, 0.717) is 5.11 Å². The van der Waals surface area contributed by atoms with Crippen molar-refractivity contribution in [3.63, 3.8) is 0 Å². The van der Waals surface area contributed by atoms with Gasteiger partial charge in [0.1, 0.15) is 0 Å². The van der Waals surface area contributed by atoms with Crippen molar-refractivity contribution in [3.8, 4) is 0 Å². The molecular weight excluding hydrogens is 150 g/mol. The predicted molar refractivity (Wildman–Crippen MR) is 42.3 cm³/mol. The summed E-state index contributed by atoms with van der Waals surface area (Å²) < 4.78 is 5.12. The van der Waals surface area contributed by atoms with Crippen molar-refractivity contribution >= 4 is 17.3 Å². The van der Waals surface area contributed by atoms with E-state index in [-0.39, 0.29) is 0 Å². The lowest BCUT2D eigenvalue weighted by Crippen LogP contribution is -2.50. The molecule has 5 heteroatoms. The average molecular weight is 161 g/mol. The molecule has 1 aliphatic heterocycles. The highest BCUT2D eigenvalue weighted by molar-refractivity contribution is 7.80. The molecule has 10 heavy (non-hydrogen) atoms. The highest BCUT2D eigenvalue weighted by Crippen LogP contribution is 1.90. The highest BCUT2D eigenvalue weighted by Gasteiger charge is 2.08. The van der Waals surface area contributed by atoms with Gasteiger partial charge in [0.15, 0.2) is 5.11 Å². The van der Waals surface area contributed by atoms with Gasteiger partial charge in [-0.2, -0.15) is 0 Å². The summed E-state index contributed by atoms with van der Waals surface area (Å²) >= 11 is 4.66. The Morgan fingerprint density at radius 2 is 2.10 bits per heavy atom. The number of ether oxygens (including phenoxy) is 1. The molecule has 58 valence electrons. The maximum absolute atomic E-state index is 5.26. The van der Waals surface area contributed by atoms with Crippen LogP contribution >= 0.6 is 12.2 Å². The van der Waals surface area contributed by atoms with Crippen LogP contribution < -0.4 is 11.2 Å². The van der Waals surface area contributed by atoms with Gasteiger partial charge in [0.05, 0.1) is 13.2 Å². The Morgan fingerprint density at radius 1 is 1.50 bits per heavy atom. The van der Waals surface area contributed by atoms with Gasteiger partial charge in [-0.1, -0.05) is 0 Å². The van der Waals surface area contributed by atoms with Gasteiger partial charge in [-0.05, 0) is 12.2 Å². The van der Waals surface area contributed by atoms with Gasteiger partial charge in [-0.25, -0.2) is 5.01 Å². The van der Waals surface area contributed by atoms with E-state index >= 15 is 0 Å². The number of hydrogen-bond acceptors (Lipinski definition) is 3. The Bertz CT molecular complexity index is 124. The smallest absolute Gasteiger partial charge is 0.178 e. The number of nitrogens with two attached hydrogens (primary N) is 1. The van der Waals surface area contributed by atoms with Crippen LogP contribution in [-0.2, 0) is 4.74 Å². The van der Waals surface area contributed by atoms with Crippen molar-refractivity contribution in [2.75, 3.05) is 26.3 Å². The number of rotatable bonds is 1. The number of nitrogens with zero attached hydrogens (tertiary/aromatic N) is 1. The first-order valence-electron chi connectivity index (χ1n) is 3.18. The molecule has 0 saturated carbocycles. The Labute approximate surface area is 65.3 Å². The predicted octanol–water partition coefficient (Wildman–Crippen LogP) is -0.933. The summed E-state index contributed by atoms with van der Waals surface area (Å²) in [5.41, 5.74) is 8.11. The summed E-state index contributed by atoms with van der Waals surface area (Å²) in [6, 6.07) is 0. The third kappa shape index (κ3) is 2.47. The molecule has 0 aromatic carbocycles. The van der Waals surface area contributed by atoms with E-state index in [0.717, 1.165) is 26.3 Å². The fourth-order valence-electron chi connectivity index (χ4n) is 0.831. The van der Waals surface area contributed by atoms with E-state index < -0.39 is 0 Å². The molecular formula is C5H11N3OS. The summed E-state index contributed by atoms with van der Waals surface area (Å²) in [6.45, 7) is 3.18. The van der Waals surface area contributed by atoms with Crippen molar-refractivity contribution in [3.05, 3.63) is 0 Å². The van der Waals surface area contributed by atoms with E-state index in [4.69, 9.17) is 10.5 Å². The van der Waals surface area contributed by atoms with Crippen LogP contribution in [0.25, 0.3) is 0 Å². The Hall–Kier alpha value is -0.390. The molecule has 4 nitrogen and oxygen atoms in total. The summed E-state index contributed by atoms with van der Waals surface area (Å²) in [7, 11) is 0. The minimum absolute atomic E-state index is 0.321. The van der Waals surface area contributed by atoms with E-state index in [1.807, 2.05) is 5.01 Å². The minimum atomic E-state index is 0.321. The molecule has 0 aromatic heterocycles. The molecule has 1 fully saturated rings. The molecule has 0 radical (unpaired) electrons. The molecule has 1 saturated heterocycles. The zero-order chi connectivity index (χ0) is 7.40. The summed E-state index contributed by atoms with van der Waals surface area (Å²) in [4.78, 5) is 0. The second-order valence-electron chi connectivity index (χ2n) is 2.08.